The van der Waals surface area contributed by atoms with Gasteiger partial charge >= 0.3 is 5.69 Å². The molecule has 1 aromatic heterocycles. The maximum atomic E-state index is 12.8. The predicted molar refractivity (Wildman–Crippen MR) is 123 cm³/mol. The fraction of sp³-hybridized carbons (Fsp3) is 0.333. The molecule has 4 rings (SSSR count). The number of para-hydroxylation sites is 1. The molecule has 0 atom stereocenters. The van der Waals surface area contributed by atoms with Crippen molar-refractivity contribution in [3.63, 3.8) is 0 Å². The van der Waals surface area contributed by atoms with E-state index in [9.17, 15) is 19.2 Å². The number of amides is 2. The van der Waals surface area contributed by atoms with Gasteiger partial charge in [0.1, 0.15) is 6.54 Å². The van der Waals surface area contributed by atoms with Crippen LogP contribution in [0.3, 0.4) is 0 Å². The minimum atomic E-state index is -0.527. The average Bonchev–Trinajstić information content (AvgIpc) is 2.82. The fourth-order valence-corrected chi connectivity index (χ4v) is 4.16. The van der Waals surface area contributed by atoms with Crippen LogP contribution in [0.25, 0.3) is 10.9 Å². The molecule has 2 aromatic carbocycles. The molecule has 0 radical (unpaired) electrons. The Hall–Kier alpha value is -3.68. The summed E-state index contributed by atoms with van der Waals surface area (Å²) in [4.78, 5) is 52.8. The molecule has 166 valence electrons. The molecule has 0 saturated carbocycles. The number of nitrogens with one attached hydrogen (secondary N) is 1. The minimum Gasteiger partial charge on any atom is -0.339 e. The van der Waals surface area contributed by atoms with Gasteiger partial charge in [0.25, 0.3) is 11.5 Å². The number of carbonyl (C=O) groups is 2. The van der Waals surface area contributed by atoms with Gasteiger partial charge in [0.05, 0.1) is 10.9 Å². The van der Waals surface area contributed by atoms with Crippen molar-refractivity contribution in [3.8, 4) is 0 Å². The van der Waals surface area contributed by atoms with Crippen LogP contribution >= 0.6 is 0 Å². The summed E-state index contributed by atoms with van der Waals surface area (Å²) >= 11 is 0. The van der Waals surface area contributed by atoms with E-state index in [1.165, 1.54) is 4.57 Å². The molecule has 0 unspecified atom stereocenters. The van der Waals surface area contributed by atoms with Crippen molar-refractivity contribution in [2.75, 3.05) is 18.4 Å². The van der Waals surface area contributed by atoms with Gasteiger partial charge in [-0.15, -0.1) is 0 Å². The normalized spacial score (nSPS) is 13.8. The molecular weight excluding hydrogens is 408 g/mol. The number of anilines is 1. The highest BCUT2D eigenvalue weighted by molar-refractivity contribution is 5.97. The molecule has 1 aliphatic heterocycles. The maximum Gasteiger partial charge on any atom is 0.331 e. The standard InChI is InChI=1S/C24H26N4O4/c1-2-27-23(31)19-11-4-5-12-20(19)28(24(27)32)16-21(29)25-18-10-8-9-17(15-18)22(30)26-13-6-3-7-14-26/h4-5,8-12,15H,2-3,6-7,13-14,16H2,1H3,(H,25,29). The lowest BCUT2D eigenvalue weighted by Gasteiger charge is -2.26. The van der Waals surface area contributed by atoms with E-state index < -0.39 is 11.6 Å². The Labute approximate surface area is 185 Å². The summed E-state index contributed by atoms with van der Waals surface area (Å²) in [5, 5.41) is 3.16. The molecule has 8 nitrogen and oxygen atoms in total. The molecule has 0 spiro atoms. The average molecular weight is 434 g/mol. The minimum absolute atomic E-state index is 0.0435. The Morgan fingerprint density at radius 1 is 0.938 bits per heavy atom. The molecule has 2 amide bonds. The van der Waals surface area contributed by atoms with E-state index in [2.05, 4.69) is 5.32 Å². The lowest BCUT2D eigenvalue weighted by molar-refractivity contribution is -0.116. The number of nitrogens with zero attached hydrogens (tertiary/aromatic N) is 3. The van der Waals surface area contributed by atoms with Crippen molar-refractivity contribution >= 4 is 28.4 Å². The van der Waals surface area contributed by atoms with Crippen LogP contribution in [-0.2, 0) is 17.9 Å². The van der Waals surface area contributed by atoms with E-state index in [1.807, 2.05) is 4.90 Å². The van der Waals surface area contributed by atoms with Gasteiger partial charge in [-0.3, -0.25) is 23.5 Å². The molecule has 32 heavy (non-hydrogen) atoms. The third kappa shape index (κ3) is 4.21. The number of carbonyl (C=O) groups excluding carboxylic acids is 2. The van der Waals surface area contributed by atoms with Crippen molar-refractivity contribution in [2.24, 2.45) is 0 Å². The van der Waals surface area contributed by atoms with Crippen LogP contribution in [0.2, 0.25) is 0 Å². The first kappa shape index (κ1) is 21.5. The van der Waals surface area contributed by atoms with Crippen molar-refractivity contribution in [2.45, 2.75) is 39.3 Å². The smallest absolute Gasteiger partial charge is 0.331 e. The number of hydrogen-bond acceptors (Lipinski definition) is 4. The van der Waals surface area contributed by atoms with Crippen molar-refractivity contribution in [3.05, 3.63) is 74.9 Å². The summed E-state index contributed by atoms with van der Waals surface area (Å²) in [7, 11) is 0. The van der Waals surface area contributed by atoms with E-state index in [4.69, 9.17) is 0 Å². The number of likely N-dealkylation sites (tertiary alicyclic amines) is 1. The molecule has 1 fully saturated rings. The van der Waals surface area contributed by atoms with Gasteiger partial charge in [0.2, 0.25) is 5.91 Å². The number of rotatable bonds is 5. The number of piperidine rings is 1. The maximum absolute atomic E-state index is 12.8. The highest BCUT2D eigenvalue weighted by Crippen LogP contribution is 2.17. The molecular formula is C24H26N4O4. The summed E-state index contributed by atoms with van der Waals surface area (Å²) in [5.74, 6) is -0.459. The molecule has 8 heteroatoms. The quantitative estimate of drug-likeness (QED) is 0.668. The first-order valence-electron chi connectivity index (χ1n) is 10.9. The molecule has 1 aliphatic rings. The molecule has 2 heterocycles. The SMILES string of the molecule is CCn1c(=O)c2ccccc2n(CC(=O)Nc2cccc(C(=O)N3CCCCC3)c2)c1=O. The third-order valence-corrected chi connectivity index (χ3v) is 5.79. The summed E-state index contributed by atoms with van der Waals surface area (Å²) in [5.41, 5.74) is 0.524. The highest BCUT2D eigenvalue weighted by Gasteiger charge is 2.19. The lowest BCUT2D eigenvalue weighted by atomic mass is 10.1. The van der Waals surface area contributed by atoms with Gasteiger partial charge in [-0.05, 0) is 56.5 Å². The van der Waals surface area contributed by atoms with Gasteiger partial charge in [0.15, 0.2) is 0 Å². The number of aromatic nitrogens is 2. The largest absolute Gasteiger partial charge is 0.339 e. The van der Waals surface area contributed by atoms with E-state index in [-0.39, 0.29) is 24.6 Å². The van der Waals surface area contributed by atoms with Crippen LogP contribution in [0.15, 0.2) is 58.1 Å². The van der Waals surface area contributed by atoms with Crippen molar-refractivity contribution < 1.29 is 9.59 Å². The Morgan fingerprint density at radius 3 is 2.44 bits per heavy atom. The van der Waals surface area contributed by atoms with Gasteiger partial charge < -0.3 is 10.2 Å². The second kappa shape index (κ2) is 9.21. The van der Waals surface area contributed by atoms with Crippen LogP contribution in [-0.4, -0.2) is 38.9 Å². The van der Waals surface area contributed by atoms with Gasteiger partial charge in [0, 0.05) is 30.9 Å². The fourth-order valence-electron chi connectivity index (χ4n) is 4.16. The van der Waals surface area contributed by atoms with E-state index >= 15 is 0 Å². The molecule has 3 aromatic rings. The lowest BCUT2D eigenvalue weighted by Crippen LogP contribution is -2.41. The van der Waals surface area contributed by atoms with Crippen molar-refractivity contribution in [1.82, 2.24) is 14.0 Å². The Bertz CT molecular complexity index is 1290. The van der Waals surface area contributed by atoms with Gasteiger partial charge in [-0.1, -0.05) is 18.2 Å². The summed E-state index contributed by atoms with van der Waals surface area (Å²) < 4.78 is 2.42. The number of fused-ring (bicyclic) bond motifs is 1. The van der Waals surface area contributed by atoms with Crippen LogP contribution in [0.5, 0.6) is 0 Å². The van der Waals surface area contributed by atoms with Gasteiger partial charge in [-0.2, -0.15) is 0 Å². The zero-order valence-corrected chi connectivity index (χ0v) is 18.0. The van der Waals surface area contributed by atoms with Crippen LogP contribution in [0.1, 0.15) is 36.5 Å². The molecule has 0 aliphatic carbocycles. The van der Waals surface area contributed by atoms with Crippen LogP contribution < -0.4 is 16.6 Å². The zero-order valence-electron chi connectivity index (χ0n) is 18.0. The second-order valence-electron chi connectivity index (χ2n) is 7.92. The highest BCUT2D eigenvalue weighted by atomic mass is 16.2. The summed E-state index contributed by atoms with van der Waals surface area (Å²) in [6.07, 6.45) is 3.15. The predicted octanol–water partition coefficient (Wildman–Crippen LogP) is 2.45. The number of benzene rings is 2. The van der Waals surface area contributed by atoms with Crippen LogP contribution in [0, 0.1) is 0 Å². The summed E-state index contributed by atoms with van der Waals surface area (Å²) in [6, 6.07) is 13.6. The first-order valence-corrected chi connectivity index (χ1v) is 10.9. The molecule has 1 N–H and O–H groups in total. The number of hydrogen-bond donors (Lipinski definition) is 1. The van der Waals surface area contributed by atoms with E-state index in [1.54, 1.807) is 55.5 Å². The Morgan fingerprint density at radius 2 is 1.69 bits per heavy atom. The molecule has 1 saturated heterocycles. The topological polar surface area (TPSA) is 93.4 Å². The van der Waals surface area contributed by atoms with Crippen molar-refractivity contribution in [1.29, 1.82) is 0 Å². The van der Waals surface area contributed by atoms with Crippen LogP contribution in [0.4, 0.5) is 5.69 Å². The zero-order chi connectivity index (χ0) is 22.7. The Balaban J connectivity index is 1.57. The summed E-state index contributed by atoms with van der Waals surface area (Å²) in [6.45, 7) is 3.18. The van der Waals surface area contributed by atoms with E-state index in [0.717, 1.165) is 36.9 Å². The Kier molecular flexibility index (Phi) is 6.20. The van der Waals surface area contributed by atoms with E-state index in [0.29, 0.717) is 22.2 Å². The second-order valence-corrected chi connectivity index (χ2v) is 7.92. The third-order valence-electron chi connectivity index (χ3n) is 5.79. The first-order chi connectivity index (χ1) is 15.5. The monoisotopic (exact) mass is 434 g/mol. The molecule has 0 bridgehead atoms. The van der Waals surface area contributed by atoms with Gasteiger partial charge in [-0.25, -0.2) is 4.79 Å².